The molecule has 8 nitrogen and oxygen atoms in total. The van der Waals surface area contributed by atoms with Crippen molar-refractivity contribution in [2.45, 2.75) is 80.1 Å². The minimum Gasteiger partial charge on any atom is -0.550 e. The van der Waals surface area contributed by atoms with Crippen LogP contribution in [-0.2, 0) is 48.9 Å². The van der Waals surface area contributed by atoms with Crippen molar-refractivity contribution in [3.63, 3.8) is 0 Å². The molecular weight excluding hydrogens is 459 g/mol. The van der Waals surface area contributed by atoms with Gasteiger partial charge in [-0.25, -0.2) is 0 Å². The van der Waals surface area contributed by atoms with Crippen molar-refractivity contribution in [1.82, 2.24) is 0 Å². The monoisotopic (exact) mass is 494 g/mol. The maximum Gasteiger partial charge on any atom is 0.138 e. The molecule has 0 spiro atoms. The summed E-state index contributed by atoms with van der Waals surface area (Å²) in [5.41, 5.74) is 0. The summed E-state index contributed by atoms with van der Waals surface area (Å²) >= 11 is -0.924. The van der Waals surface area contributed by atoms with E-state index >= 15 is 0 Å². The Morgan fingerprint density at radius 2 is 1.03 bits per heavy atom. The third kappa shape index (κ3) is 38.3. The zero-order valence-electron chi connectivity index (χ0n) is 18.6. The Labute approximate surface area is 187 Å². The Kier molecular flexibility index (Phi) is 26.4. The van der Waals surface area contributed by atoms with E-state index in [1.807, 2.05) is 13.8 Å². The molecular formula is C20H36O8Zr. The van der Waals surface area contributed by atoms with Gasteiger partial charge in [-0.1, -0.05) is 13.8 Å². The van der Waals surface area contributed by atoms with Gasteiger partial charge in [0.2, 0.25) is 0 Å². The molecule has 0 aromatic heterocycles. The topological polar surface area (TPSA) is 133 Å². The van der Waals surface area contributed by atoms with Crippen molar-refractivity contribution < 1.29 is 59.1 Å². The van der Waals surface area contributed by atoms with E-state index in [0.717, 1.165) is 13.2 Å². The molecule has 0 aromatic carbocycles. The first kappa shape index (κ1) is 32.7. The smallest absolute Gasteiger partial charge is 0.138 e. The molecule has 0 aliphatic heterocycles. The minimum atomic E-state index is -1.28. The molecule has 29 heavy (non-hydrogen) atoms. The molecule has 9 heteroatoms. The van der Waals surface area contributed by atoms with Crippen LogP contribution in [0.5, 0.6) is 0 Å². The number of hydrogen-bond acceptors (Lipinski definition) is 8. The average molecular weight is 496 g/mol. The third-order valence-corrected chi connectivity index (χ3v) is 4.09. The third-order valence-electron chi connectivity index (χ3n) is 2.69. The normalized spacial score (nSPS) is 9.66. The van der Waals surface area contributed by atoms with Crippen LogP contribution in [0.25, 0.3) is 0 Å². The quantitative estimate of drug-likeness (QED) is 0.260. The fourth-order valence-electron chi connectivity index (χ4n) is 1.50. The van der Waals surface area contributed by atoms with E-state index in [2.05, 4.69) is 27.7 Å². The predicted molar refractivity (Wildman–Crippen MR) is 101 cm³/mol. The van der Waals surface area contributed by atoms with Gasteiger partial charge in [-0.3, -0.25) is 9.59 Å². The molecule has 0 heterocycles. The Bertz CT molecular complexity index is 410. The van der Waals surface area contributed by atoms with Gasteiger partial charge in [0.1, 0.15) is 11.6 Å². The van der Waals surface area contributed by atoms with Crippen LogP contribution in [-0.4, -0.2) is 36.7 Å². The van der Waals surface area contributed by atoms with E-state index in [0.29, 0.717) is 37.5 Å². The average Bonchev–Trinajstić information content (AvgIpc) is 2.54. The van der Waals surface area contributed by atoms with E-state index in [4.69, 9.17) is 5.63 Å². The van der Waals surface area contributed by atoms with Crippen LogP contribution >= 0.6 is 0 Å². The molecule has 0 radical (unpaired) electrons. The molecule has 0 aromatic rings. The second-order valence-electron chi connectivity index (χ2n) is 7.17. The second-order valence-corrected chi connectivity index (χ2v) is 9.00. The van der Waals surface area contributed by atoms with Crippen LogP contribution < -0.4 is 10.2 Å². The molecule has 0 aliphatic rings. The Balaban J connectivity index is -0.000000352. The largest absolute Gasteiger partial charge is 0.550 e. The molecule has 0 unspecified atom stereocenters. The van der Waals surface area contributed by atoms with Crippen LogP contribution in [0.3, 0.4) is 0 Å². The van der Waals surface area contributed by atoms with Crippen molar-refractivity contribution in [2.24, 2.45) is 11.8 Å². The van der Waals surface area contributed by atoms with E-state index < -0.39 is 48.9 Å². The van der Waals surface area contributed by atoms with E-state index in [1.54, 1.807) is 0 Å². The van der Waals surface area contributed by atoms with Crippen LogP contribution in [0.4, 0.5) is 0 Å². The fraction of sp³-hybridized carbons (Fsp3) is 0.800. The number of hydrogen-bond donors (Lipinski definition) is 0. The summed E-state index contributed by atoms with van der Waals surface area (Å²) in [4.78, 5) is 40.4. The van der Waals surface area contributed by atoms with Crippen molar-refractivity contribution in [1.29, 1.82) is 0 Å². The number of carbonyl (C=O) groups excluding carboxylic acids is 4. The van der Waals surface area contributed by atoms with Gasteiger partial charge in [0.15, 0.2) is 0 Å². The number of ketones is 2. The number of carboxylic acids is 2. The first-order valence-electron chi connectivity index (χ1n) is 9.87. The molecule has 0 aliphatic carbocycles. The van der Waals surface area contributed by atoms with E-state index in [9.17, 15) is 29.4 Å². The molecule has 0 saturated carbocycles. The standard InChI is InChI=1S/2C6H10O3.2C4H9O.Zr/c2*1-2-3-5(7)4-6(8)9;2*1-4(2)3-5;/h2*2-4H2,1H3,(H,8,9);2*4H,3H2,1-2H3;/q;;2*-1;+4/p-2. The summed E-state index contributed by atoms with van der Waals surface area (Å²) in [7, 11) is 0. The summed E-state index contributed by atoms with van der Waals surface area (Å²) in [6.45, 7) is 14.0. The summed E-state index contributed by atoms with van der Waals surface area (Å²) < 4.78 is 10.8. The zero-order chi connectivity index (χ0) is 23.2. The van der Waals surface area contributed by atoms with Gasteiger partial charge in [-0.15, -0.1) is 0 Å². The first-order valence-corrected chi connectivity index (χ1v) is 11.9. The molecule has 0 fully saturated rings. The van der Waals surface area contributed by atoms with Crippen LogP contribution in [0.1, 0.15) is 80.1 Å². The van der Waals surface area contributed by atoms with Crippen LogP contribution in [0.2, 0.25) is 0 Å². The molecule has 168 valence electrons. The first-order chi connectivity index (χ1) is 13.5. The Morgan fingerprint density at radius 3 is 1.24 bits per heavy atom. The number of Topliss-reactive ketones (excluding diaryl/α,β-unsaturated/α-hetero) is 2. The van der Waals surface area contributed by atoms with E-state index in [-0.39, 0.29) is 11.6 Å². The molecule has 0 rings (SSSR count). The van der Waals surface area contributed by atoms with Crippen LogP contribution in [0, 0.1) is 11.8 Å². The maximum absolute atomic E-state index is 10.4. The summed E-state index contributed by atoms with van der Waals surface area (Å²) in [5, 5.41) is 19.5. The molecule has 0 bridgehead atoms. The maximum atomic E-state index is 10.4. The number of rotatable bonds is 14. The van der Waals surface area contributed by atoms with Gasteiger partial charge in [-0.2, -0.15) is 0 Å². The van der Waals surface area contributed by atoms with Crippen molar-refractivity contribution >= 4 is 23.5 Å². The van der Waals surface area contributed by atoms with Gasteiger partial charge < -0.3 is 19.8 Å². The Morgan fingerprint density at radius 1 is 0.724 bits per heavy atom. The van der Waals surface area contributed by atoms with Gasteiger partial charge in [0.05, 0.1) is 0 Å². The Hall–Kier alpha value is -0.917. The second kappa shape index (κ2) is 23.4. The fourth-order valence-corrected chi connectivity index (χ4v) is 3.68. The number of aliphatic carboxylic acids is 2. The number of carboxylic acid groups (broad SMARTS) is 2. The zero-order valence-corrected chi connectivity index (χ0v) is 21.0. The van der Waals surface area contributed by atoms with Crippen molar-refractivity contribution in [3.8, 4) is 0 Å². The van der Waals surface area contributed by atoms with Crippen LogP contribution in [0.15, 0.2) is 0 Å². The van der Waals surface area contributed by atoms with Gasteiger partial charge in [-0.05, 0) is 12.8 Å². The SMILES string of the molecule is CC(C)C[O][Zr+2][O]CC(C)C.CCCC(=O)CC(=O)[O-].CCCC(=O)CC(=O)[O-]. The summed E-state index contributed by atoms with van der Waals surface area (Å²) in [6.07, 6.45) is 1.21. The van der Waals surface area contributed by atoms with Gasteiger partial charge >= 0.3 is 82.5 Å². The van der Waals surface area contributed by atoms with Gasteiger partial charge in [0.25, 0.3) is 0 Å². The van der Waals surface area contributed by atoms with Gasteiger partial charge in [0, 0.05) is 37.6 Å². The molecule has 0 atom stereocenters. The summed E-state index contributed by atoms with van der Waals surface area (Å²) in [5.74, 6) is -1.80. The molecule has 0 saturated heterocycles. The molecule has 0 amide bonds. The molecule has 0 N–H and O–H groups in total. The summed E-state index contributed by atoms with van der Waals surface area (Å²) in [6, 6.07) is 0. The van der Waals surface area contributed by atoms with E-state index in [1.165, 1.54) is 0 Å². The van der Waals surface area contributed by atoms with Crippen molar-refractivity contribution in [2.75, 3.05) is 13.2 Å². The van der Waals surface area contributed by atoms with Crippen molar-refractivity contribution in [3.05, 3.63) is 0 Å². The predicted octanol–water partition coefficient (Wildman–Crippen LogP) is 1.24. The number of carbonyl (C=O) groups is 4. The minimum absolute atomic E-state index is 0.252.